The molecule has 1 aromatic heterocycles. The second-order valence-electron chi connectivity index (χ2n) is 9.13. The van der Waals surface area contributed by atoms with Crippen LogP contribution in [-0.2, 0) is 0 Å². The van der Waals surface area contributed by atoms with Gasteiger partial charge >= 0.3 is 0 Å². The Balaban J connectivity index is 1.58. The maximum Gasteiger partial charge on any atom is 0.135 e. The normalized spacial score (nSPS) is 14.4. The molecule has 0 bridgehead atoms. The van der Waals surface area contributed by atoms with Crippen LogP contribution in [0.3, 0.4) is 0 Å². The Kier molecular flexibility index (Phi) is 3.09. The molecule has 0 spiro atoms. The third-order valence-electron chi connectivity index (χ3n) is 7.13. The first-order chi connectivity index (χ1) is 21.3. The van der Waals surface area contributed by atoms with E-state index in [0.29, 0.717) is 5.56 Å². The molecule has 0 atom stereocenters. The van der Waals surface area contributed by atoms with Crippen LogP contribution in [0.25, 0.3) is 76.5 Å². The van der Waals surface area contributed by atoms with Crippen LogP contribution in [0.15, 0.2) is 138 Å². The summed E-state index contributed by atoms with van der Waals surface area (Å²) in [7, 11) is 0. The Labute approximate surface area is 224 Å². The second kappa shape index (κ2) is 7.81. The molecule has 8 aromatic rings. The van der Waals surface area contributed by atoms with Crippen molar-refractivity contribution in [1.82, 2.24) is 0 Å². The van der Waals surface area contributed by atoms with Crippen LogP contribution in [0.5, 0.6) is 0 Å². The zero-order chi connectivity index (χ0) is 30.4. The van der Waals surface area contributed by atoms with E-state index in [0.717, 1.165) is 43.4 Å². The summed E-state index contributed by atoms with van der Waals surface area (Å²) >= 11 is 0. The van der Waals surface area contributed by atoms with Gasteiger partial charge < -0.3 is 4.42 Å². The minimum atomic E-state index is -0.452. The second-order valence-corrected chi connectivity index (χ2v) is 9.13. The number of para-hydroxylation sites is 1. The van der Waals surface area contributed by atoms with Crippen molar-refractivity contribution < 1.29 is 14.0 Å². The van der Waals surface area contributed by atoms with Crippen LogP contribution >= 0.6 is 0 Å². The molecular formula is C36H22O. The van der Waals surface area contributed by atoms with Gasteiger partial charge in [-0.15, -0.1) is 0 Å². The van der Waals surface area contributed by atoms with Gasteiger partial charge in [0.15, 0.2) is 0 Å². The first-order valence-corrected chi connectivity index (χ1v) is 12.1. The van der Waals surface area contributed by atoms with Gasteiger partial charge in [-0.2, -0.15) is 0 Å². The molecule has 0 amide bonds. The van der Waals surface area contributed by atoms with E-state index >= 15 is 0 Å². The summed E-state index contributed by atoms with van der Waals surface area (Å²) in [5, 5.41) is 5.86. The molecule has 1 nitrogen and oxygen atoms in total. The Hall–Kier alpha value is -4.88. The van der Waals surface area contributed by atoms with E-state index in [-0.39, 0.29) is 57.7 Å². The molecule has 1 heteroatoms. The van der Waals surface area contributed by atoms with Crippen LogP contribution in [-0.4, -0.2) is 0 Å². The molecule has 172 valence electrons. The summed E-state index contributed by atoms with van der Waals surface area (Å²) in [6.07, 6.45) is 0. The molecule has 37 heavy (non-hydrogen) atoms. The molecule has 7 aromatic carbocycles. The van der Waals surface area contributed by atoms with Crippen molar-refractivity contribution in [3.63, 3.8) is 0 Å². The Morgan fingerprint density at radius 3 is 1.81 bits per heavy atom. The van der Waals surface area contributed by atoms with Crippen molar-refractivity contribution in [1.29, 1.82) is 0 Å². The van der Waals surface area contributed by atoms with Gasteiger partial charge in [-0.3, -0.25) is 0 Å². The Morgan fingerprint density at radius 1 is 0.459 bits per heavy atom. The van der Waals surface area contributed by atoms with E-state index in [1.165, 1.54) is 0 Å². The maximum atomic E-state index is 9.46. The molecule has 0 N–H and O–H groups in total. The van der Waals surface area contributed by atoms with Crippen molar-refractivity contribution in [3.05, 3.63) is 133 Å². The van der Waals surface area contributed by atoms with Gasteiger partial charge in [-0.25, -0.2) is 0 Å². The van der Waals surface area contributed by atoms with Gasteiger partial charge in [0.05, 0.1) is 9.60 Å². The quantitative estimate of drug-likeness (QED) is 0.226. The number of fused-ring (bicyclic) bond motifs is 6. The molecule has 0 saturated heterocycles. The average Bonchev–Trinajstić information content (AvgIpc) is 3.46. The fourth-order valence-corrected chi connectivity index (χ4v) is 5.56. The monoisotopic (exact) mass is 477 g/mol. The van der Waals surface area contributed by atoms with Crippen molar-refractivity contribution in [3.8, 4) is 22.3 Å². The van der Waals surface area contributed by atoms with Gasteiger partial charge in [0.1, 0.15) is 11.2 Å². The number of rotatable bonds is 2. The first-order valence-electron chi connectivity index (χ1n) is 15.6. The van der Waals surface area contributed by atoms with Crippen LogP contribution in [0.4, 0.5) is 0 Å². The summed E-state index contributed by atoms with van der Waals surface area (Å²) in [5.74, 6) is 0. The zero-order valence-corrected chi connectivity index (χ0v) is 19.6. The molecule has 0 fully saturated rings. The number of furan rings is 1. The van der Waals surface area contributed by atoms with E-state index in [2.05, 4.69) is 24.3 Å². The van der Waals surface area contributed by atoms with Crippen molar-refractivity contribution in [2.45, 2.75) is 0 Å². The number of benzene rings is 7. The summed E-state index contributed by atoms with van der Waals surface area (Å²) in [4.78, 5) is 0. The first kappa shape index (κ1) is 14.6. The molecule has 0 saturated carbocycles. The third kappa shape index (κ3) is 2.98. The van der Waals surface area contributed by atoms with Crippen molar-refractivity contribution in [2.75, 3.05) is 0 Å². The Bertz CT molecular complexity index is 2470. The average molecular weight is 478 g/mol. The van der Waals surface area contributed by atoms with Gasteiger partial charge in [0.2, 0.25) is 0 Å². The standard InChI is InChI=1S/C36H22O/c1-2-12-25-23(10-1)11-9-18-27(25)36-30-16-5-3-14-28(30)35(29-15-4-6-17-31(29)36)24-20-21-34-32(22-24)26-13-7-8-19-33(26)37-34/h1-22H/i7D,8D,13D,19D,20D,21D,22D. The lowest BCUT2D eigenvalue weighted by Crippen LogP contribution is -1.91. The van der Waals surface area contributed by atoms with Gasteiger partial charge in [-0.05, 0) is 72.7 Å². The summed E-state index contributed by atoms with van der Waals surface area (Å²) in [6, 6.07) is 28.1. The topological polar surface area (TPSA) is 13.1 Å². The van der Waals surface area contributed by atoms with Crippen LogP contribution in [0.1, 0.15) is 9.60 Å². The molecular weight excluding hydrogens is 448 g/mol. The third-order valence-corrected chi connectivity index (χ3v) is 7.13. The smallest absolute Gasteiger partial charge is 0.135 e. The van der Waals surface area contributed by atoms with Gasteiger partial charge in [0, 0.05) is 10.8 Å². The van der Waals surface area contributed by atoms with E-state index in [1.54, 1.807) is 0 Å². The van der Waals surface area contributed by atoms with Crippen molar-refractivity contribution >= 4 is 54.3 Å². The highest BCUT2D eigenvalue weighted by molar-refractivity contribution is 6.24. The fourth-order valence-electron chi connectivity index (χ4n) is 5.56. The lowest BCUT2D eigenvalue weighted by atomic mass is 9.84. The summed E-state index contributed by atoms with van der Waals surface area (Å²) < 4.78 is 66.8. The van der Waals surface area contributed by atoms with E-state index < -0.39 is 12.1 Å². The highest BCUT2D eigenvalue weighted by Crippen LogP contribution is 2.45. The maximum absolute atomic E-state index is 9.46. The highest BCUT2D eigenvalue weighted by Gasteiger charge is 2.18. The molecule has 8 rings (SSSR count). The molecule has 0 aliphatic heterocycles. The van der Waals surface area contributed by atoms with Crippen LogP contribution in [0.2, 0.25) is 0 Å². The number of hydrogen-bond donors (Lipinski definition) is 0. The summed E-state index contributed by atoms with van der Waals surface area (Å²) in [5.41, 5.74) is 2.73. The lowest BCUT2D eigenvalue weighted by molar-refractivity contribution is 0.669. The van der Waals surface area contributed by atoms with Crippen LogP contribution < -0.4 is 0 Å². The largest absolute Gasteiger partial charge is 0.456 e. The molecule has 1 heterocycles. The Morgan fingerprint density at radius 2 is 1.05 bits per heavy atom. The van der Waals surface area contributed by atoms with Gasteiger partial charge in [-0.1, -0.05) is 115 Å². The molecule has 0 radical (unpaired) electrons. The predicted molar refractivity (Wildman–Crippen MR) is 157 cm³/mol. The molecule has 0 unspecified atom stereocenters. The summed E-state index contributed by atoms with van der Waals surface area (Å²) in [6.45, 7) is 0. The van der Waals surface area contributed by atoms with E-state index in [4.69, 9.17) is 12.6 Å². The van der Waals surface area contributed by atoms with Crippen molar-refractivity contribution in [2.24, 2.45) is 0 Å². The minimum Gasteiger partial charge on any atom is -0.456 e. The highest BCUT2D eigenvalue weighted by atomic mass is 16.3. The van der Waals surface area contributed by atoms with Crippen LogP contribution in [0, 0.1) is 0 Å². The van der Waals surface area contributed by atoms with Gasteiger partial charge in [0.25, 0.3) is 0 Å². The SMILES string of the molecule is [2H]c1c([2H])c([2H])c2c(oc3c([2H])c([2H])c(-c4c5ccccc5c(-c5cccc6ccccc56)c5ccccc45)c([2H])c32)c1[2H]. The minimum absolute atomic E-state index is 0.0479. The predicted octanol–water partition coefficient (Wildman–Crippen LogP) is 10.4. The lowest BCUT2D eigenvalue weighted by Gasteiger charge is -2.18. The fraction of sp³-hybridized carbons (Fsp3) is 0. The molecule has 0 aliphatic carbocycles. The van der Waals surface area contributed by atoms with E-state index in [9.17, 15) is 1.37 Å². The number of hydrogen-bond acceptors (Lipinski definition) is 1. The zero-order valence-electron chi connectivity index (χ0n) is 26.6. The molecule has 0 aliphatic rings. The van der Waals surface area contributed by atoms with E-state index in [1.807, 2.05) is 66.7 Å².